The standard InChI is InChI=1S/C13H13N3O4S/c1-10-8-12(15-20-10)9-21(18,19)16-13-6-2-4-11(14-13)5-3-7-17/h2,4,6,8,17H,7,9H2,1H3,(H,14,16). The quantitative estimate of drug-likeness (QED) is 0.804. The zero-order chi connectivity index (χ0) is 15.3. The van der Waals surface area contributed by atoms with E-state index in [1.807, 2.05) is 0 Å². The molecule has 0 fully saturated rings. The molecule has 2 N–H and O–H groups in total. The number of pyridine rings is 1. The van der Waals surface area contributed by atoms with Gasteiger partial charge in [0.05, 0.1) is 0 Å². The maximum Gasteiger partial charge on any atom is 0.239 e. The van der Waals surface area contributed by atoms with Crippen LogP contribution in [0.25, 0.3) is 0 Å². The van der Waals surface area contributed by atoms with Gasteiger partial charge in [0.2, 0.25) is 10.0 Å². The molecular formula is C13H13N3O4S. The number of nitrogens with zero attached hydrogens (tertiary/aromatic N) is 2. The SMILES string of the molecule is Cc1cc(CS(=O)(=O)Nc2cccc(C#CCO)n2)no1. The average Bonchev–Trinajstić information content (AvgIpc) is 2.80. The van der Waals surface area contributed by atoms with Gasteiger partial charge in [0.1, 0.15) is 35.3 Å². The van der Waals surface area contributed by atoms with Crippen molar-refractivity contribution in [3.05, 3.63) is 41.4 Å². The maximum atomic E-state index is 12.0. The number of aromatic nitrogens is 2. The highest BCUT2D eigenvalue weighted by Gasteiger charge is 2.15. The molecular weight excluding hydrogens is 294 g/mol. The summed E-state index contributed by atoms with van der Waals surface area (Å²) in [6.07, 6.45) is 0. The normalized spacial score (nSPS) is 10.8. The Morgan fingerprint density at radius 3 is 2.90 bits per heavy atom. The summed E-state index contributed by atoms with van der Waals surface area (Å²) in [6, 6.07) is 6.29. The molecule has 0 amide bonds. The number of aliphatic hydroxyl groups excluding tert-OH is 1. The molecule has 0 aliphatic rings. The van der Waals surface area contributed by atoms with E-state index in [1.54, 1.807) is 25.1 Å². The number of sulfonamides is 1. The van der Waals surface area contributed by atoms with Gasteiger partial charge < -0.3 is 9.63 Å². The van der Waals surface area contributed by atoms with Gasteiger partial charge in [0, 0.05) is 6.07 Å². The number of aliphatic hydroxyl groups is 1. The zero-order valence-electron chi connectivity index (χ0n) is 11.2. The predicted octanol–water partition coefficient (Wildman–Crippen LogP) is 0.664. The Labute approximate surface area is 122 Å². The van der Waals surface area contributed by atoms with Crippen molar-refractivity contribution in [2.75, 3.05) is 11.3 Å². The Bertz CT molecular complexity index is 787. The van der Waals surface area contributed by atoms with Crippen molar-refractivity contribution in [2.24, 2.45) is 0 Å². The second kappa shape index (κ2) is 6.39. The van der Waals surface area contributed by atoms with Crippen molar-refractivity contribution in [3.8, 4) is 11.8 Å². The molecule has 0 bridgehead atoms. The van der Waals surface area contributed by atoms with Crippen LogP contribution < -0.4 is 4.72 Å². The highest BCUT2D eigenvalue weighted by atomic mass is 32.2. The Morgan fingerprint density at radius 1 is 1.43 bits per heavy atom. The molecule has 0 atom stereocenters. The fraction of sp³-hybridized carbons (Fsp3) is 0.231. The molecule has 21 heavy (non-hydrogen) atoms. The smallest absolute Gasteiger partial charge is 0.239 e. The summed E-state index contributed by atoms with van der Waals surface area (Å²) < 4.78 is 31.2. The molecule has 0 saturated heterocycles. The van der Waals surface area contributed by atoms with Gasteiger partial charge in [-0.1, -0.05) is 17.1 Å². The van der Waals surface area contributed by atoms with Gasteiger partial charge in [0.15, 0.2) is 0 Å². The van der Waals surface area contributed by atoms with Crippen LogP contribution in [0.15, 0.2) is 28.8 Å². The molecule has 2 heterocycles. The second-order valence-electron chi connectivity index (χ2n) is 4.16. The van der Waals surface area contributed by atoms with Gasteiger partial charge in [-0.25, -0.2) is 13.4 Å². The first-order valence-electron chi connectivity index (χ1n) is 5.98. The number of hydrogen-bond acceptors (Lipinski definition) is 6. The number of aryl methyl sites for hydroxylation is 1. The van der Waals surface area contributed by atoms with E-state index in [-0.39, 0.29) is 18.2 Å². The lowest BCUT2D eigenvalue weighted by Crippen LogP contribution is -2.16. The third-order valence-corrected chi connectivity index (χ3v) is 3.52. The van der Waals surface area contributed by atoms with Crippen LogP contribution in [0, 0.1) is 18.8 Å². The molecule has 0 aliphatic heterocycles. The first kappa shape index (κ1) is 15.0. The van der Waals surface area contributed by atoms with Crippen LogP contribution in [-0.2, 0) is 15.8 Å². The van der Waals surface area contributed by atoms with Gasteiger partial charge in [0.25, 0.3) is 0 Å². The monoisotopic (exact) mass is 307 g/mol. The fourth-order valence-corrected chi connectivity index (χ4v) is 2.60. The van der Waals surface area contributed by atoms with Crippen LogP contribution in [0.2, 0.25) is 0 Å². The van der Waals surface area contributed by atoms with Crippen molar-refractivity contribution < 1.29 is 18.0 Å². The van der Waals surface area contributed by atoms with E-state index in [1.165, 1.54) is 6.07 Å². The summed E-state index contributed by atoms with van der Waals surface area (Å²) in [5.74, 6) is 5.43. The topological polar surface area (TPSA) is 105 Å². The Morgan fingerprint density at radius 2 is 2.24 bits per heavy atom. The number of nitrogens with one attached hydrogen (secondary N) is 1. The van der Waals surface area contributed by atoms with Crippen molar-refractivity contribution >= 4 is 15.8 Å². The van der Waals surface area contributed by atoms with Crippen LogP contribution >= 0.6 is 0 Å². The predicted molar refractivity (Wildman–Crippen MR) is 75.7 cm³/mol. The fourth-order valence-electron chi connectivity index (χ4n) is 1.57. The van der Waals surface area contributed by atoms with Crippen LogP contribution in [0.1, 0.15) is 17.1 Å². The molecule has 0 aromatic carbocycles. The first-order valence-corrected chi connectivity index (χ1v) is 7.63. The van der Waals surface area contributed by atoms with E-state index in [4.69, 9.17) is 9.63 Å². The summed E-state index contributed by atoms with van der Waals surface area (Å²) in [6.45, 7) is 1.39. The minimum absolute atomic E-state index is 0.153. The summed E-state index contributed by atoms with van der Waals surface area (Å²) in [5, 5.41) is 12.3. The van der Waals surface area contributed by atoms with Crippen LogP contribution in [-0.4, -0.2) is 30.3 Å². The summed E-state index contributed by atoms with van der Waals surface area (Å²) >= 11 is 0. The average molecular weight is 307 g/mol. The zero-order valence-corrected chi connectivity index (χ0v) is 12.0. The summed E-state index contributed by atoms with van der Waals surface area (Å²) in [4.78, 5) is 4.02. The Hall–Kier alpha value is -2.37. The van der Waals surface area contributed by atoms with Crippen LogP contribution in [0.3, 0.4) is 0 Å². The van der Waals surface area contributed by atoms with Crippen LogP contribution in [0.5, 0.6) is 0 Å². The lowest BCUT2D eigenvalue weighted by Gasteiger charge is -2.05. The maximum absolute atomic E-state index is 12.0. The molecule has 8 heteroatoms. The summed E-state index contributed by atoms with van der Waals surface area (Å²) in [5.41, 5.74) is 0.678. The largest absolute Gasteiger partial charge is 0.384 e. The lowest BCUT2D eigenvalue weighted by atomic mass is 10.3. The number of anilines is 1. The van der Waals surface area contributed by atoms with E-state index < -0.39 is 10.0 Å². The van der Waals surface area contributed by atoms with Crippen molar-refractivity contribution in [1.29, 1.82) is 0 Å². The molecule has 0 aliphatic carbocycles. The summed E-state index contributed by atoms with van der Waals surface area (Å²) in [7, 11) is -3.64. The number of hydrogen-bond donors (Lipinski definition) is 2. The molecule has 110 valence electrons. The molecule has 2 aromatic rings. The molecule has 0 unspecified atom stereocenters. The second-order valence-corrected chi connectivity index (χ2v) is 5.88. The van der Waals surface area contributed by atoms with Crippen LogP contribution in [0.4, 0.5) is 5.82 Å². The Balaban J connectivity index is 2.13. The molecule has 2 aromatic heterocycles. The third-order valence-electron chi connectivity index (χ3n) is 2.32. The number of rotatable bonds is 4. The van der Waals surface area contributed by atoms with Gasteiger partial charge in [-0.15, -0.1) is 0 Å². The van der Waals surface area contributed by atoms with Gasteiger partial charge in [-0.3, -0.25) is 4.72 Å². The van der Waals surface area contributed by atoms with Crippen molar-refractivity contribution in [2.45, 2.75) is 12.7 Å². The van der Waals surface area contributed by atoms with E-state index in [0.717, 1.165) is 0 Å². The van der Waals surface area contributed by atoms with Crippen molar-refractivity contribution in [3.63, 3.8) is 0 Å². The van der Waals surface area contributed by atoms with Gasteiger partial charge in [-0.05, 0) is 25.0 Å². The highest BCUT2D eigenvalue weighted by molar-refractivity contribution is 7.91. The molecule has 2 rings (SSSR count). The third kappa shape index (κ3) is 4.59. The van der Waals surface area contributed by atoms with E-state index >= 15 is 0 Å². The van der Waals surface area contributed by atoms with E-state index in [0.29, 0.717) is 17.1 Å². The van der Waals surface area contributed by atoms with Gasteiger partial charge in [-0.2, -0.15) is 0 Å². The highest BCUT2D eigenvalue weighted by Crippen LogP contribution is 2.11. The molecule has 0 radical (unpaired) electrons. The Kier molecular flexibility index (Phi) is 4.57. The minimum atomic E-state index is -3.64. The first-order chi connectivity index (χ1) is 9.98. The minimum Gasteiger partial charge on any atom is -0.384 e. The lowest BCUT2D eigenvalue weighted by molar-refractivity contribution is 0.350. The molecule has 7 nitrogen and oxygen atoms in total. The van der Waals surface area contributed by atoms with E-state index in [2.05, 4.69) is 26.7 Å². The van der Waals surface area contributed by atoms with Gasteiger partial charge >= 0.3 is 0 Å². The molecule has 0 spiro atoms. The molecule has 0 saturated carbocycles. The van der Waals surface area contributed by atoms with Crippen molar-refractivity contribution in [1.82, 2.24) is 10.1 Å². The van der Waals surface area contributed by atoms with E-state index in [9.17, 15) is 8.42 Å².